The molecule has 10 heteroatoms. The number of nitrogens with zero attached hydrogens (tertiary/aromatic N) is 4. The van der Waals surface area contributed by atoms with Gasteiger partial charge in [0.1, 0.15) is 10.7 Å². The van der Waals surface area contributed by atoms with E-state index in [9.17, 15) is 14.4 Å². The first-order chi connectivity index (χ1) is 16.3. The molecule has 0 aliphatic rings. The fourth-order valence-corrected chi connectivity index (χ4v) is 3.99. The van der Waals surface area contributed by atoms with E-state index in [0.717, 1.165) is 11.0 Å². The molecule has 34 heavy (non-hydrogen) atoms. The summed E-state index contributed by atoms with van der Waals surface area (Å²) in [5.41, 5.74) is 2.51. The summed E-state index contributed by atoms with van der Waals surface area (Å²) < 4.78 is 8.38. The number of fused-ring (bicyclic) bond motifs is 1. The lowest BCUT2D eigenvalue weighted by atomic mass is 10.3. The maximum absolute atomic E-state index is 12.9. The van der Waals surface area contributed by atoms with Crippen LogP contribution in [0.15, 0.2) is 70.6 Å². The van der Waals surface area contributed by atoms with Crippen LogP contribution in [0.1, 0.15) is 12.6 Å². The molecule has 0 saturated heterocycles. The number of carbonyl (C=O) groups excluding carboxylic acids is 2. The van der Waals surface area contributed by atoms with E-state index < -0.39 is 18.0 Å². The van der Waals surface area contributed by atoms with Gasteiger partial charge < -0.3 is 10.1 Å². The van der Waals surface area contributed by atoms with Crippen LogP contribution >= 0.6 is 11.8 Å². The quantitative estimate of drug-likeness (QED) is 0.322. The van der Waals surface area contributed by atoms with Crippen molar-refractivity contribution >= 4 is 40.4 Å². The third-order valence-corrected chi connectivity index (χ3v) is 6.12. The minimum atomic E-state index is -1.08. The van der Waals surface area contributed by atoms with Crippen molar-refractivity contribution in [1.29, 1.82) is 0 Å². The summed E-state index contributed by atoms with van der Waals surface area (Å²) >= 11 is 1.17. The number of esters is 1. The number of thioether (sulfide) groups is 1. The van der Waals surface area contributed by atoms with Gasteiger partial charge in [-0.2, -0.15) is 0 Å². The van der Waals surface area contributed by atoms with Gasteiger partial charge in [0, 0.05) is 7.05 Å². The number of hydrogen-bond acceptors (Lipinski definition) is 7. The van der Waals surface area contributed by atoms with E-state index >= 15 is 0 Å². The maximum Gasteiger partial charge on any atom is 0.317 e. The van der Waals surface area contributed by atoms with E-state index in [4.69, 9.17) is 4.74 Å². The highest BCUT2D eigenvalue weighted by Crippen LogP contribution is 2.19. The molecule has 0 spiro atoms. The Kier molecular flexibility index (Phi) is 6.78. The number of benzene rings is 2. The zero-order chi connectivity index (χ0) is 24.2. The van der Waals surface area contributed by atoms with Gasteiger partial charge in [-0.05, 0) is 38.1 Å². The van der Waals surface area contributed by atoms with E-state index in [1.807, 2.05) is 42.5 Å². The van der Waals surface area contributed by atoms with Crippen LogP contribution in [0.2, 0.25) is 0 Å². The molecule has 4 aromatic rings. The lowest BCUT2D eigenvalue weighted by Gasteiger charge is -2.12. The monoisotopic (exact) mass is 477 g/mol. The molecular weight excluding hydrogens is 454 g/mol. The second kappa shape index (κ2) is 9.92. The fraction of sp³-hybridized carbons (Fsp3) is 0.208. The predicted octanol–water partition coefficient (Wildman–Crippen LogP) is 3.09. The largest absolute Gasteiger partial charge is 0.452 e. The molecule has 2 heterocycles. The van der Waals surface area contributed by atoms with Crippen molar-refractivity contribution in [2.75, 3.05) is 11.1 Å². The summed E-state index contributed by atoms with van der Waals surface area (Å²) in [6.45, 7) is 3.19. The Morgan fingerprint density at radius 2 is 1.76 bits per heavy atom. The Morgan fingerprint density at radius 3 is 2.50 bits per heavy atom. The minimum absolute atomic E-state index is 0.0319. The molecule has 0 saturated carbocycles. The number of anilines is 1. The number of nitrogens with one attached hydrogen (secondary N) is 1. The average molecular weight is 478 g/mol. The predicted molar refractivity (Wildman–Crippen MR) is 130 cm³/mol. The molecule has 0 radical (unpaired) electrons. The van der Waals surface area contributed by atoms with Crippen molar-refractivity contribution in [3.05, 3.63) is 76.8 Å². The molecular formula is C24H23N5O4S. The molecule has 0 fully saturated rings. The fourth-order valence-electron chi connectivity index (χ4n) is 3.36. The van der Waals surface area contributed by atoms with Crippen LogP contribution in [0.4, 0.5) is 5.69 Å². The van der Waals surface area contributed by atoms with Crippen molar-refractivity contribution in [3.8, 4) is 5.69 Å². The highest BCUT2D eigenvalue weighted by Gasteiger charge is 2.23. The lowest BCUT2D eigenvalue weighted by molar-refractivity contribution is -0.150. The van der Waals surface area contributed by atoms with Gasteiger partial charge >= 0.3 is 5.97 Å². The topological polar surface area (TPSA) is 108 Å². The third-order valence-electron chi connectivity index (χ3n) is 5.24. The van der Waals surface area contributed by atoms with Gasteiger partial charge in [-0.3, -0.25) is 24.0 Å². The van der Waals surface area contributed by atoms with Crippen molar-refractivity contribution < 1.29 is 14.3 Å². The van der Waals surface area contributed by atoms with Crippen molar-refractivity contribution in [2.24, 2.45) is 7.05 Å². The summed E-state index contributed by atoms with van der Waals surface area (Å²) in [7, 11) is 1.73. The van der Waals surface area contributed by atoms with Crippen LogP contribution in [0.3, 0.4) is 0 Å². The average Bonchev–Trinajstić information content (AvgIpc) is 3.06. The molecule has 2 aromatic carbocycles. The Hall–Kier alpha value is -3.92. The molecule has 4 rings (SSSR count). The Bertz CT molecular complexity index is 1410. The summed E-state index contributed by atoms with van der Waals surface area (Å²) in [5, 5.41) is 3.19. The SMILES string of the molecule is Cc1c(NC(=O)C(C)OC(=O)CSc2cnc3ccccc3n2)c(=O)n(-c2ccccc2)n1C. The van der Waals surface area contributed by atoms with E-state index in [0.29, 0.717) is 16.4 Å². The number of hydrogen-bond donors (Lipinski definition) is 1. The molecule has 2 aromatic heterocycles. The van der Waals surface area contributed by atoms with Crippen LogP contribution in [0.25, 0.3) is 16.7 Å². The van der Waals surface area contributed by atoms with E-state index in [-0.39, 0.29) is 17.0 Å². The van der Waals surface area contributed by atoms with Crippen molar-refractivity contribution in [2.45, 2.75) is 25.0 Å². The zero-order valence-corrected chi connectivity index (χ0v) is 19.7. The van der Waals surface area contributed by atoms with Crippen LogP contribution in [0.5, 0.6) is 0 Å². The van der Waals surface area contributed by atoms with Crippen LogP contribution in [0, 0.1) is 6.92 Å². The van der Waals surface area contributed by atoms with E-state index in [2.05, 4.69) is 15.3 Å². The van der Waals surface area contributed by atoms with Crippen molar-refractivity contribution in [3.63, 3.8) is 0 Å². The number of carbonyl (C=O) groups is 2. The van der Waals surface area contributed by atoms with Gasteiger partial charge in [-0.25, -0.2) is 9.67 Å². The van der Waals surface area contributed by atoms with Gasteiger partial charge in [-0.15, -0.1) is 0 Å². The minimum Gasteiger partial charge on any atom is -0.452 e. The number of ether oxygens (including phenoxy) is 1. The molecule has 0 bridgehead atoms. The molecule has 9 nitrogen and oxygen atoms in total. The molecule has 1 N–H and O–H groups in total. The maximum atomic E-state index is 12.9. The van der Waals surface area contributed by atoms with Crippen LogP contribution in [-0.2, 0) is 21.4 Å². The first kappa shape index (κ1) is 23.2. The summed E-state index contributed by atoms with van der Waals surface area (Å²) in [6.07, 6.45) is 0.506. The van der Waals surface area contributed by atoms with Gasteiger partial charge in [0.25, 0.3) is 11.5 Å². The second-order valence-electron chi connectivity index (χ2n) is 7.54. The summed E-state index contributed by atoms with van der Waals surface area (Å²) in [5.74, 6) is -1.19. The second-order valence-corrected chi connectivity index (χ2v) is 8.54. The standard InChI is InChI=1S/C24H23N5O4S/c1-15-22(24(32)29(28(15)3)17-9-5-4-6-10-17)27-23(31)16(2)33-21(30)14-34-20-13-25-18-11-7-8-12-19(18)26-20/h4-13,16H,14H2,1-3H3,(H,27,31). The molecule has 1 amide bonds. The smallest absolute Gasteiger partial charge is 0.317 e. The van der Waals surface area contributed by atoms with Crippen LogP contribution in [-0.4, -0.2) is 43.1 Å². The number of aromatic nitrogens is 4. The van der Waals surface area contributed by atoms with Gasteiger partial charge in [0.05, 0.1) is 34.4 Å². The third kappa shape index (κ3) is 4.86. The van der Waals surface area contributed by atoms with E-state index in [1.165, 1.54) is 23.4 Å². The Labute approximate surface area is 199 Å². The number of rotatable bonds is 7. The lowest BCUT2D eigenvalue weighted by Crippen LogP contribution is -2.32. The van der Waals surface area contributed by atoms with Gasteiger partial charge in [0.2, 0.25) is 0 Å². The Morgan fingerprint density at radius 1 is 1.09 bits per heavy atom. The molecule has 1 unspecified atom stereocenters. The molecule has 0 aliphatic carbocycles. The molecule has 1 atom stereocenters. The van der Waals surface area contributed by atoms with Crippen molar-refractivity contribution in [1.82, 2.24) is 19.3 Å². The first-order valence-corrected chi connectivity index (χ1v) is 11.5. The zero-order valence-electron chi connectivity index (χ0n) is 18.9. The Balaban J connectivity index is 1.38. The highest BCUT2D eigenvalue weighted by molar-refractivity contribution is 7.99. The van der Waals surface area contributed by atoms with Crippen LogP contribution < -0.4 is 10.9 Å². The number of para-hydroxylation sites is 3. The summed E-state index contributed by atoms with van der Waals surface area (Å²) in [4.78, 5) is 46.6. The van der Waals surface area contributed by atoms with Gasteiger partial charge in [0.15, 0.2) is 6.10 Å². The summed E-state index contributed by atoms with van der Waals surface area (Å²) in [6, 6.07) is 16.5. The first-order valence-electron chi connectivity index (χ1n) is 10.5. The van der Waals surface area contributed by atoms with E-state index in [1.54, 1.807) is 37.0 Å². The molecule has 174 valence electrons. The molecule has 0 aliphatic heterocycles. The number of amides is 1. The van der Waals surface area contributed by atoms with Gasteiger partial charge in [-0.1, -0.05) is 42.1 Å². The normalized spacial score (nSPS) is 11.9. The highest BCUT2D eigenvalue weighted by atomic mass is 32.2.